The van der Waals surface area contributed by atoms with E-state index in [0.29, 0.717) is 19.4 Å². The fourth-order valence-electron chi connectivity index (χ4n) is 9.24. The molecular weight excluding hydrogens is 386 g/mol. The number of carbonyl (C=O) groups excluding carboxylic acids is 1. The second kappa shape index (κ2) is 5.15. The quantitative estimate of drug-likeness (QED) is 0.430. The lowest BCUT2D eigenvalue weighted by Gasteiger charge is -2.73. The summed E-state index contributed by atoms with van der Waals surface area (Å²) in [6, 6.07) is 0. The van der Waals surface area contributed by atoms with Crippen LogP contribution in [0.25, 0.3) is 0 Å². The first-order valence-electron chi connectivity index (χ1n) is 11.6. The van der Waals surface area contributed by atoms with Crippen LogP contribution in [0.1, 0.15) is 60.3 Å². The molecule has 2 bridgehead atoms. The van der Waals surface area contributed by atoms with Gasteiger partial charge in [0.1, 0.15) is 11.5 Å². The molecule has 10 atom stereocenters. The number of carbonyl (C=O) groups is 1. The molecule has 2 heterocycles. The predicted octanol–water partition coefficient (Wildman–Crippen LogP) is 0.942. The van der Waals surface area contributed by atoms with Gasteiger partial charge in [-0.2, -0.15) is 0 Å². The molecule has 4 N–H and O–H groups in total. The van der Waals surface area contributed by atoms with E-state index in [2.05, 4.69) is 19.2 Å². The van der Waals surface area contributed by atoms with Crippen LogP contribution in [-0.4, -0.2) is 63.1 Å². The van der Waals surface area contributed by atoms with Gasteiger partial charge in [-0.25, -0.2) is 0 Å². The van der Waals surface area contributed by atoms with Crippen molar-refractivity contribution in [3.8, 4) is 0 Å². The van der Waals surface area contributed by atoms with E-state index < -0.39 is 52.2 Å². The van der Waals surface area contributed by atoms with Gasteiger partial charge in [-0.1, -0.05) is 20.8 Å². The Morgan fingerprint density at radius 1 is 1.07 bits per heavy atom. The third kappa shape index (κ3) is 1.79. The standard InChI is InChI=1S/C23H35NO6/c1-18(2)9-8-13(25)20(5)12-7-6-11-16-22(12,17(27)21(11)10-24-21)23(28,15(26)14(18)20)30-19(3,4)29-16/h11-16,24-26,28H,6-10H2,1-5H3/t11-,12?,13+,14?,15+,16?,20-,21?,22-,23+/m1/s1. The second-order valence-electron chi connectivity index (χ2n) is 12.3. The van der Waals surface area contributed by atoms with Crippen molar-refractivity contribution in [1.29, 1.82) is 0 Å². The van der Waals surface area contributed by atoms with E-state index in [4.69, 9.17) is 9.47 Å². The summed E-state index contributed by atoms with van der Waals surface area (Å²) in [7, 11) is 0. The zero-order valence-electron chi connectivity index (χ0n) is 18.6. The van der Waals surface area contributed by atoms with Crippen LogP contribution in [0.15, 0.2) is 0 Å². The van der Waals surface area contributed by atoms with Crippen molar-refractivity contribution < 1.29 is 29.6 Å². The van der Waals surface area contributed by atoms with E-state index in [-0.39, 0.29) is 23.0 Å². The first-order valence-corrected chi connectivity index (χ1v) is 11.6. The van der Waals surface area contributed by atoms with E-state index in [1.54, 1.807) is 13.8 Å². The molecule has 0 aromatic rings. The van der Waals surface area contributed by atoms with Gasteiger partial charge in [0.15, 0.2) is 11.6 Å². The van der Waals surface area contributed by atoms with Crippen molar-refractivity contribution in [3.63, 3.8) is 0 Å². The number of ether oxygens (including phenoxy) is 2. The highest BCUT2D eigenvalue weighted by molar-refractivity contribution is 6.02. The molecule has 0 aromatic carbocycles. The zero-order valence-corrected chi connectivity index (χ0v) is 18.6. The normalized spacial score (nSPS) is 62.1. The van der Waals surface area contributed by atoms with Crippen molar-refractivity contribution in [3.05, 3.63) is 0 Å². The smallest absolute Gasteiger partial charge is 0.211 e. The first kappa shape index (κ1) is 20.1. The van der Waals surface area contributed by atoms with Gasteiger partial charge in [0.25, 0.3) is 0 Å². The lowest BCUT2D eigenvalue weighted by atomic mass is 9.37. The van der Waals surface area contributed by atoms with E-state index in [0.717, 1.165) is 12.8 Å². The first-order chi connectivity index (χ1) is 13.8. The highest BCUT2D eigenvalue weighted by Crippen LogP contribution is 2.77. The summed E-state index contributed by atoms with van der Waals surface area (Å²) in [6.45, 7) is 10.3. The molecule has 6 rings (SSSR count). The number of nitrogens with one attached hydrogen (secondary N) is 1. The maximum atomic E-state index is 14.2. The summed E-state index contributed by atoms with van der Waals surface area (Å²) in [5.41, 5.74) is -3.12. The third-order valence-electron chi connectivity index (χ3n) is 10.3. The number of Topliss-reactive ketones (excluding diaryl/α,β-unsaturated/α-hetero) is 1. The molecule has 2 saturated heterocycles. The minimum absolute atomic E-state index is 0.0583. The minimum atomic E-state index is -2.05. The predicted molar refractivity (Wildman–Crippen MR) is 106 cm³/mol. The largest absolute Gasteiger partial charge is 0.393 e. The van der Waals surface area contributed by atoms with Gasteiger partial charge in [-0.3, -0.25) is 4.79 Å². The Bertz CT molecular complexity index is 838. The molecular formula is C23H35NO6. The lowest BCUT2D eigenvalue weighted by Crippen LogP contribution is -2.83. The average molecular weight is 422 g/mol. The Balaban J connectivity index is 1.65. The van der Waals surface area contributed by atoms with Crippen molar-refractivity contribution in [2.75, 3.05) is 6.54 Å². The van der Waals surface area contributed by atoms with Crippen LogP contribution < -0.4 is 5.32 Å². The molecule has 2 spiro atoms. The van der Waals surface area contributed by atoms with Crippen LogP contribution in [0.2, 0.25) is 0 Å². The monoisotopic (exact) mass is 421 g/mol. The van der Waals surface area contributed by atoms with Gasteiger partial charge < -0.3 is 30.1 Å². The van der Waals surface area contributed by atoms with Crippen molar-refractivity contribution in [2.45, 2.75) is 95.7 Å². The molecule has 6 aliphatic rings. The highest BCUT2D eigenvalue weighted by atomic mass is 16.8. The highest BCUT2D eigenvalue weighted by Gasteiger charge is 2.90. The molecule has 2 aliphatic heterocycles. The number of aliphatic hydroxyl groups is 3. The summed E-state index contributed by atoms with van der Waals surface area (Å²) in [6.07, 6.45) is 0.371. The fourth-order valence-corrected chi connectivity index (χ4v) is 9.24. The molecule has 30 heavy (non-hydrogen) atoms. The molecule has 0 amide bonds. The van der Waals surface area contributed by atoms with Crippen molar-refractivity contribution in [1.82, 2.24) is 5.32 Å². The van der Waals surface area contributed by atoms with Crippen LogP contribution in [0, 0.1) is 34.0 Å². The molecule has 4 aliphatic carbocycles. The van der Waals surface area contributed by atoms with E-state index in [1.807, 2.05) is 6.92 Å². The van der Waals surface area contributed by atoms with Crippen LogP contribution in [-0.2, 0) is 14.3 Å². The maximum Gasteiger partial charge on any atom is 0.211 e. The summed E-state index contributed by atoms with van der Waals surface area (Å²) in [5.74, 6) is -4.06. The van der Waals surface area contributed by atoms with Gasteiger partial charge in [0, 0.05) is 23.8 Å². The molecule has 7 nitrogen and oxygen atoms in total. The molecule has 4 saturated carbocycles. The van der Waals surface area contributed by atoms with Gasteiger partial charge in [-0.05, 0) is 50.9 Å². The average Bonchev–Trinajstić information content (AvgIpc) is 3.41. The SMILES string of the molecule is CC1(C)OC2[C@H]3CCC4[C@@]5(C)C([C@H](O)[C@](O)(O1)[C@@]24C(=O)C31CN1)C(C)(C)CC[C@@H]5O. The molecule has 6 fully saturated rings. The number of fused-ring (bicyclic) bond motifs is 3. The topological polar surface area (TPSA) is 118 Å². The summed E-state index contributed by atoms with van der Waals surface area (Å²) < 4.78 is 12.6. The molecule has 168 valence electrons. The second-order valence-corrected chi connectivity index (χ2v) is 12.3. The van der Waals surface area contributed by atoms with E-state index in [9.17, 15) is 20.1 Å². The van der Waals surface area contributed by atoms with Gasteiger partial charge in [0.05, 0.1) is 17.7 Å². The Labute approximate surface area is 177 Å². The molecule has 4 unspecified atom stereocenters. The summed E-state index contributed by atoms with van der Waals surface area (Å²) in [5, 5.41) is 38.8. The lowest BCUT2D eigenvalue weighted by molar-refractivity contribution is -0.493. The Morgan fingerprint density at radius 2 is 1.73 bits per heavy atom. The summed E-state index contributed by atoms with van der Waals surface area (Å²) in [4.78, 5) is 14.2. The number of aliphatic hydroxyl groups excluding tert-OH is 2. The van der Waals surface area contributed by atoms with Crippen molar-refractivity contribution in [2.24, 2.45) is 34.0 Å². The van der Waals surface area contributed by atoms with Crippen LogP contribution in [0.3, 0.4) is 0 Å². The Kier molecular flexibility index (Phi) is 3.45. The molecule has 7 heteroatoms. The fraction of sp³-hybridized carbons (Fsp3) is 0.957. The van der Waals surface area contributed by atoms with Gasteiger partial charge >= 0.3 is 0 Å². The maximum absolute atomic E-state index is 14.2. The summed E-state index contributed by atoms with van der Waals surface area (Å²) >= 11 is 0. The van der Waals surface area contributed by atoms with E-state index >= 15 is 0 Å². The minimum Gasteiger partial charge on any atom is -0.393 e. The Morgan fingerprint density at radius 3 is 2.37 bits per heavy atom. The van der Waals surface area contributed by atoms with E-state index in [1.165, 1.54) is 0 Å². The van der Waals surface area contributed by atoms with Gasteiger partial charge in [-0.15, -0.1) is 0 Å². The number of hydrogen-bond donors (Lipinski definition) is 4. The number of hydrogen-bond acceptors (Lipinski definition) is 7. The van der Waals surface area contributed by atoms with Crippen LogP contribution >= 0.6 is 0 Å². The van der Waals surface area contributed by atoms with Crippen LogP contribution in [0.4, 0.5) is 0 Å². The van der Waals surface area contributed by atoms with Gasteiger partial charge in [0.2, 0.25) is 5.79 Å². The Hall–Kier alpha value is -0.570. The molecule has 0 radical (unpaired) electrons. The zero-order chi connectivity index (χ0) is 21.7. The third-order valence-corrected chi connectivity index (χ3v) is 10.3. The van der Waals surface area contributed by atoms with Crippen LogP contribution in [0.5, 0.6) is 0 Å². The number of ketones is 1. The van der Waals surface area contributed by atoms with Crippen molar-refractivity contribution >= 4 is 5.78 Å². The number of rotatable bonds is 0. The molecule has 0 aromatic heterocycles.